The van der Waals surface area contributed by atoms with Gasteiger partial charge in [0.1, 0.15) is 12.4 Å². The lowest BCUT2D eigenvalue weighted by Gasteiger charge is -2.14. The van der Waals surface area contributed by atoms with Gasteiger partial charge in [-0.1, -0.05) is 35.3 Å². The van der Waals surface area contributed by atoms with E-state index >= 15 is 0 Å². The molecule has 0 spiro atoms. The zero-order chi connectivity index (χ0) is 23.1. The van der Waals surface area contributed by atoms with Crippen molar-refractivity contribution >= 4 is 51.3 Å². The maximum atomic E-state index is 12.3. The number of methoxy groups -OCH3 is 2. The Bertz CT molecular complexity index is 1150. The van der Waals surface area contributed by atoms with Crippen LogP contribution in [-0.4, -0.2) is 26.3 Å². The SMILES string of the molecule is COc1cccc(C(=O)N/N=C\c2cc(Br)c(OCc3ccc(Cl)cc3Cl)c(OC)c2)c1. The molecule has 0 aliphatic rings. The Balaban J connectivity index is 1.70. The van der Waals surface area contributed by atoms with Crippen LogP contribution < -0.4 is 19.6 Å². The molecule has 0 unspecified atom stereocenters. The van der Waals surface area contributed by atoms with E-state index in [1.54, 1.807) is 54.6 Å². The van der Waals surface area contributed by atoms with E-state index in [4.69, 9.17) is 37.4 Å². The molecule has 0 aliphatic carbocycles. The molecule has 3 aromatic carbocycles. The van der Waals surface area contributed by atoms with Crippen molar-refractivity contribution in [3.63, 3.8) is 0 Å². The lowest BCUT2D eigenvalue weighted by molar-refractivity contribution is 0.0955. The van der Waals surface area contributed by atoms with Gasteiger partial charge in [0.2, 0.25) is 0 Å². The minimum absolute atomic E-state index is 0.231. The Morgan fingerprint density at radius 2 is 1.91 bits per heavy atom. The molecular weight excluding hydrogens is 519 g/mol. The number of carbonyl (C=O) groups excluding carboxylic acids is 1. The van der Waals surface area contributed by atoms with Crippen LogP contribution >= 0.6 is 39.1 Å². The molecule has 0 saturated carbocycles. The number of hydrogen-bond acceptors (Lipinski definition) is 5. The number of carbonyl (C=O) groups is 1. The minimum Gasteiger partial charge on any atom is -0.497 e. The molecule has 0 fully saturated rings. The highest BCUT2D eigenvalue weighted by Crippen LogP contribution is 2.37. The Morgan fingerprint density at radius 3 is 2.62 bits per heavy atom. The molecule has 32 heavy (non-hydrogen) atoms. The summed E-state index contributed by atoms with van der Waals surface area (Å²) in [4.78, 5) is 12.3. The summed E-state index contributed by atoms with van der Waals surface area (Å²) in [5.41, 5.74) is 4.40. The first-order valence-electron chi connectivity index (χ1n) is 9.33. The monoisotopic (exact) mass is 536 g/mol. The zero-order valence-electron chi connectivity index (χ0n) is 17.2. The van der Waals surface area contributed by atoms with Gasteiger partial charge in [0.05, 0.1) is 24.9 Å². The number of rotatable bonds is 8. The lowest BCUT2D eigenvalue weighted by Crippen LogP contribution is -2.17. The summed E-state index contributed by atoms with van der Waals surface area (Å²) in [6.45, 7) is 0.231. The Kier molecular flexibility index (Phi) is 8.39. The van der Waals surface area contributed by atoms with E-state index in [1.165, 1.54) is 20.4 Å². The van der Waals surface area contributed by atoms with Crippen LogP contribution in [0.1, 0.15) is 21.5 Å². The van der Waals surface area contributed by atoms with Crippen LogP contribution in [0.15, 0.2) is 64.2 Å². The molecule has 6 nitrogen and oxygen atoms in total. The number of benzene rings is 3. The van der Waals surface area contributed by atoms with Crippen LogP contribution in [0.4, 0.5) is 0 Å². The van der Waals surface area contributed by atoms with E-state index in [9.17, 15) is 4.79 Å². The molecule has 0 bridgehead atoms. The fourth-order valence-corrected chi connectivity index (χ4v) is 3.77. The topological polar surface area (TPSA) is 69.2 Å². The normalized spacial score (nSPS) is 10.8. The molecule has 1 N–H and O–H groups in total. The van der Waals surface area contributed by atoms with Crippen molar-refractivity contribution in [2.75, 3.05) is 14.2 Å². The fraction of sp³-hybridized carbons (Fsp3) is 0.130. The molecule has 3 rings (SSSR count). The number of nitrogens with one attached hydrogen (secondary N) is 1. The summed E-state index contributed by atoms with van der Waals surface area (Å²) in [5, 5.41) is 5.09. The highest BCUT2D eigenvalue weighted by atomic mass is 79.9. The molecule has 3 aromatic rings. The zero-order valence-corrected chi connectivity index (χ0v) is 20.3. The molecule has 0 saturated heterocycles. The molecular formula is C23H19BrCl2N2O4. The van der Waals surface area contributed by atoms with Crippen molar-refractivity contribution < 1.29 is 19.0 Å². The quantitative estimate of drug-likeness (QED) is 0.278. The van der Waals surface area contributed by atoms with Crippen molar-refractivity contribution in [1.82, 2.24) is 5.43 Å². The molecule has 0 radical (unpaired) electrons. The van der Waals surface area contributed by atoms with E-state index in [-0.39, 0.29) is 12.5 Å². The number of amides is 1. The van der Waals surface area contributed by atoms with Crippen molar-refractivity contribution in [3.8, 4) is 17.2 Å². The molecule has 0 atom stereocenters. The molecule has 0 aliphatic heterocycles. The van der Waals surface area contributed by atoms with Crippen LogP contribution in [-0.2, 0) is 6.61 Å². The second kappa shape index (κ2) is 11.2. The van der Waals surface area contributed by atoms with Gasteiger partial charge < -0.3 is 14.2 Å². The molecule has 1 amide bonds. The van der Waals surface area contributed by atoms with Gasteiger partial charge in [0, 0.05) is 21.2 Å². The lowest BCUT2D eigenvalue weighted by atomic mass is 10.2. The standard InChI is InChI=1S/C23H19BrCl2N2O4/c1-30-18-5-3-4-15(10-18)23(29)28-27-12-14-8-19(24)22(21(9-14)31-2)32-13-16-6-7-17(25)11-20(16)26/h3-12H,13H2,1-2H3,(H,28,29)/b27-12-. The van der Waals surface area contributed by atoms with Gasteiger partial charge in [-0.15, -0.1) is 0 Å². The second-order valence-electron chi connectivity index (χ2n) is 6.49. The van der Waals surface area contributed by atoms with Gasteiger partial charge in [0.15, 0.2) is 11.5 Å². The second-order valence-corrected chi connectivity index (χ2v) is 8.19. The maximum absolute atomic E-state index is 12.3. The van der Waals surface area contributed by atoms with Crippen LogP contribution in [0.5, 0.6) is 17.2 Å². The summed E-state index contributed by atoms with van der Waals surface area (Å²) in [7, 11) is 3.08. The highest BCUT2D eigenvalue weighted by Gasteiger charge is 2.13. The fourth-order valence-electron chi connectivity index (χ4n) is 2.74. The molecule has 0 aromatic heterocycles. The van der Waals surface area contributed by atoms with Crippen molar-refractivity contribution in [2.24, 2.45) is 5.10 Å². The van der Waals surface area contributed by atoms with E-state index < -0.39 is 0 Å². The van der Waals surface area contributed by atoms with Gasteiger partial charge in [0.25, 0.3) is 5.91 Å². The van der Waals surface area contributed by atoms with Crippen LogP contribution in [0.3, 0.4) is 0 Å². The van der Waals surface area contributed by atoms with Gasteiger partial charge in [-0.2, -0.15) is 5.10 Å². The summed E-state index contributed by atoms with van der Waals surface area (Å²) >= 11 is 15.6. The number of ether oxygens (including phenoxy) is 3. The summed E-state index contributed by atoms with van der Waals surface area (Å²) in [6.07, 6.45) is 1.51. The Hall–Kier alpha value is -2.74. The Labute approximate surface area is 204 Å². The van der Waals surface area contributed by atoms with Crippen molar-refractivity contribution in [1.29, 1.82) is 0 Å². The number of hydrazone groups is 1. The van der Waals surface area contributed by atoms with E-state index in [0.29, 0.717) is 42.9 Å². The largest absolute Gasteiger partial charge is 0.497 e. The average molecular weight is 538 g/mol. The highest BCUT2D eigenvalue weighted by molar-refractivity contribution is 9.10. The third-order valence-electron chi connectivity index (χ3n) is 4.35. The number of halogens is 3. The average Bonchev–Trinajstić information content (AvgIpc) is 2.79. The number of nitrogens with zero attached hydrogens (tertiary/aromatic N) is 1. The first-order chi connectivity index (χ1) is 15.4. The van der Waals surface area contributed by atoms with Gasteiger partial charge in [-0.25, -0.2) is 5.43 Å². The van der Waals surface area contributed by atoms with Crippen LogP contribution in [0.2, 0.25) is 10.0 Å². The van der Waals surface area contributed by atoms with Crippen molar-refractivity contribution in [2.45, 2.75) is 6.61 Å². The maximum Gasteiger partial charge on any atom is 0.271 e. The molecule has 0 heterocycles. The predicted octanol–water partition coefficient (Wildman–Crippen LogP) is 6.12. The third kappa shape index (κ3) is 6.16. The van der Waals surface area contributed by atoms with Gasteiger partial charge in [-0.05, 0) is 64.0 Å². The smallest absolute Gasteiger partial charge is 0.271 e. The first kappa shape index (κ1) is 23.9. The third-order valence-corrected chi connectivity index (χ3v) is 5.53. The Morgan fingerprint density at radius 1 is 1.09 bits per heavy atom. The minimum atomic E-state index is -0.356. The van der Waals surface area contributed by atoms with Crippen LogP contribution in [0.25, 0.3) is 0 Å². The number of hydrogen-bond donors (Lipinski definition) is 1. The van der Waals surface area contributed by atoms with Crippen LogP contribution in [0, 0.1) is 0 Å². The van der Waals surface area contributed by atoms with Gasteiger partial charge in [-0.3, -0.25) is 4.79 Å². The molecule has 9 heteroatoms. The summed E-state index contributed by atoms with van der Waals surface area (Å²) in [6, 6.07) is 15.5. The summed E-state index contributed by atoms with van der Waals surface area (Å²) < 4.78 is 17.2. The van der Waals surface area contributed by atoms with Crippen molar-refractivity contribution in [3.05, 3.63) is 85.8 Å². The predicted molar refractivity (Wildman–Crippen MR) is 130 cm³/mol. The first-order valence-corrected chi connectivity index (χ1v) is 10.9. The van der Waals surface area contributed by atoms with E-state index in [1.807, 2.05) is 0 Å². The summed E-state index contributed by atoms with van der Waals surface area (Å²) in [5.74, 6) is 1.23. The van der Waals surface area contributed by atoms with Gasteiger partial charge >= 0.3 is 0 Å². The van der Waals surface area contributed by atoms with E-state index in [0.717, 1.165) is 5.56 Å². The molecule has 166 valence electrons. The van der Waals surface area contributed by atoms with E-state index in [2.05, 4.69) is 26.5 Å².